The molecule has 25 heavy (non-hydrogen) atoms. The zero-order chi connectivity index (χ0) is 18.8. The van der Waals surface area contributed by atoms with Crippen LogP contribution in [-0.2, 0) is 9.53 Å². The van der Waals surface area contributed by atoms with Crippen molar-refractivity contribution in [3.05, 3.63) is 0 Å². The third-order valence-electron chi connectivity index (χ3n) is 4.41. The predicted molar refractivity (Wildman–Crippen MR) is 96.6 cm³/mol. The Bertz CT molecular complexity index is 304. The van der Waals surface area contributed by atoms with Gasteiger partial charge in [-0.05, 0) is 12.8 Å². The number of hydrogen-bond donors (Lipinski definition) is 0. The molecule has 0 aliphatic heterocycles. The Morgan fingerprint density at radius 2 is 0.960 bits per heavy atom. The quantitative estimate of drug-likeness (QED) is 0.199. The third kappa shape index (κ3) is 23.3. The molecular formula is C20H37F3O2. The molecule has 0 fully saturated rings. The molecule has 0 radical (unpaired) electrons. The zero-order valence-corrected chi connectivity index (χ0v) is 16.0. The molecule has 150 valence electrons. The molecule has 0 saturated carbocycles. The maximum Gasteiger partial charge on any atom is 0.389 e. The number of ether oxygens (including phenoxy) is 1. The van der Waals surface area contributed by atoms with Gasteiger partial charge in [-0.1, -0.05) is 83.5 Å². The second kappa shape index (κ2) is 16.7. The van der Waals surface area contributed by atoms with E-state index in [0.717, 1.165) is 32.1 Å². The van der Waals surface area contributed by atoms with Crippen LogP contribution >= 0.6 is 0 Å². The number of rotatable bonds is 17. The van der Waals surface area contributed by atoms with Crippen LogP contribution in [0.15, 0.2) is 0 Å². The summed E-state index contributed by atoms with van der Waals surface area (Å²) < 4.78 is 40.8. The average molecular weight is 367 g/mol. The molecule has 0 bridgehead atoms. The number of unbranched alkanes of at least 4 members (excludes halogenated alkanes) is 14. The molecule has 2 nitrogen and oxygen atoms in total. The van der Waals surface area contributed by atoms with Gasteiger partial charge in [-0.25, -0.2) is 0 Å². The van der Waals surface area contributed by atoms with E-state index in [9.17, 15) is 18.0 Å². The summed E-state index contributed by atoms with van der Waals surface area (Å²) >= 11 is 0. The highest BCUT2D eigenvalue weighted by atomic mass is 19.4. The summed E-state index contributed by atoms with van der Waals surface area (Å²) in [6, 6.07) is 0. The first-order chi connectivity index (χ1) is 11.9. The number of hydrogen-bond acceptors (Lipinski definition) is 2. The molecule has 0 aromatic carbocycles. The Balaban J connectivity index is 3.04. The fourth-order valence-corrected chi connectivity index (χ4v) is 2.94. The van der Waals surface area contributed by atoms with Gasteiger partial charge in [-0.3, -0.25) is 4.79 Å². The van der Waals surface area contributed by atoms with E-state index in [4.69, 9.17) is 4.74 Å². The molecule has 0 spiro atoms. The van der Waals surface area contributed by atoms with E-state index >= 15 is 0 Å². The lowest BCUT2D eigenvalue weighted by Crippen LogP contribution is -2.06. The van der Waals surface area contributed by atoms with Crippen molar-refractivity contribution in [2.45, 2.75) is 116 Å². The van der Waals surface area contributed by atoms with E-state index in [0.29, 0.717) is 13.0 Å². The summed E-state index contributed by atoms with van der Waals surface area (Å²) in [7, 11) is 0. The SMILES string of the molecule is CC(=O)OCCCCCCCCCCCCCCCCCC(F)(F)F. The van der Waals surface area contributed by atoms with Gasteiger partial charge in [-0.2, -0.15) is 13.2 Å². The van der Waals surface area contributed by atoms with Crippen LogP contribution in [0.25, 0.3) is 0 Å². The van der Waals surface area contributed by atoms with Crippen LogP contribution in [0.1, 0.15) is 110 Å². The molecule has 0 N–H and O–H groups in total. The van der Waals surface area contributed by atoms with Crippen molar-refractivity contribution in [2.75, 3.05) is 6.61 Å². The van der Waals surface area contributed by atoms with Crippen LogP contribution in [0.5, 0.6) is 0 Å². The second-order valence-electron chi connectivity index (χ2n) is 7.01. The summed E-state index contributed by atoms with van der Waals surface area (Å²) in [5, 5.41) is 0. The molecule has 0 amide bonds. The van der Waals surface area contributed by atoms with Gasteiger partial charge in [0.25, 0.3) is 0 Å². The van der Waals surface area contributed by atoms with Crippen molar-refractivity contribution in [1.82, 2.24) is 0 Å². The first-order valence-electron chi connectivity index (χ1n) is 10.1. The third-order valence-corrected chi connectivity index (χ3v) is 4.41. The predicted octanol–water partition coefficient (Wildman–Crippen LogP) is 7.35. The molecule has 0 atom stereocenters. The molecule has 0 aliphatic carbocycles. The van der Waals surface area contributed by atoms with Crippen LogP contribution < -0.4 is 0 Å². The lowest BCUT2D eigenvalue weighted by atomic mass is 10.0. The maximum absolute atomic E-state index is 12.0. The lowest BCUT2D eigenvalue weighted by Gasteiger charge is -2.06. The number of esters is 1. The molecule has 0 aliphatic rings. The van der Waals surface area contributed by atoms with Gasteiger partial charge in [0.05, 0.1) is 6.61 Å². The maximum atomic E-state index is 12.0. The van der Waals surface area contributed by atoms with E-state index in [2.05, 4.69) is 0 Å². The van der Waals surface area contributed by atoms with E-state index in [1.807, 2.05) is 0 Å². The molecule has 0 unspecified atom stereocenters. The van der Waals surface area contributed by atoms with Crippen LogP contribution in [0, 0.1) is 0 Å². The van der Waals surface area contributed by atoms with Crippen LogP contribution in [0.3, 0.4) is 0 Å². The van der Waals surface area contributed by atoms with E-state index < -0.39 is 12.6 Å². The zero-order valence-electron chi connectivity index (χ0n) is 16.0. The monoisotopic (exact) mass is 366 g/mol. The summed E-state index contributed by atoms with van der Waals surface area (Å²) in [6.07, 6.45) is 11.8. The summed E-state index contributed by atoms with van der Waals surface area (Å²) in [5.41, 5.74) is 0. The molecular weight excluding hydrogens is 329 g/mol. The number of alkyl halides is 3. The van der Waals surface area contributed by atoms with Gasteiger partial charge in [0.15, 0.2) is 0 Å². The molecule has 0 saturated heterocycles. The Kier molecular flexibility index (Phi) is 16.2. The average Bonchev–Trinajstić information content (AvgIpc) is 2.52. The van der Waals surface area contributed by atoms with E-state index in [1.165, 1.54) is 58.3 Å². The first-order valence-corrected chi connectivity index (χ1v) is 10.1. The molecule has 0 aromatic heterocycles. The van der Waals surface area contributed by atoms with E-state index in [1.54, 1.807) is 0 Å². The van der Waals surface area contributed by atoms with Gasteiger partial charge < -0.3 is 4.74 Å². The van der Waals surface area contributed by atoms with Gasteiger partial charge in [0.2, 0.25) is 0 Å². The highest BCUT2D eigenvalue weighted by Crippen LogP contribution is 2.23. The number of halogens is 3. The van der Waals surface area contributed by atoms with Crippen molar-refractivity contribution in [2.24, 2.45) is 0 Å². The lowest BCUT2D eigenvalue weighted by molar-refractivity contribution is -0.141. The topological polar surface area (TPSA) is 26.3 Å². The van der Waals surface area contributed by atoms with Crippen LogP contribution in [-0.4, -0.2) is 18.8 Å². The minimum Gasteiger partial charge on any atom is -0.466 e. The van der Waals surface area contributed by atoms with Crippen molar-refractivity contribution in [3.63, 3.8) is 0 Å². The number of carbonyl (C=O) groups is 1. The first kappa shape index (κ1) is 24.3. The van der Waals surface area contributed by atoms with Gasteiger partial charge in [-0.15, -0.1) is 0 Å². The Labute approximate surface area is 151 Å². The highest BCUT2D eigenvalue weighted by Gasteiger charge is 2.25. The smallest absolute Gasteiger partial charge is 0.389 e. The normalized spacial score (nSPS) is 11.7. The van der Waals surface area contributed by atoms with Crippen LogP contribution in [0.2, 0.25) is 0 Å². The minimum atomic E-state index is -3.98. The van der Waals surface area contributed by atoms with Gasteiger partial charge in [0, 0.05) is 13.3 Å². The summed E-state index contributed by atoms with van der Waals surface area (Å²) in [6.45, 7) is 2.00. The number of carbonyl (C=O) groups excluding carboxylic acids is 1. The van der Waals surface area contributed by atoms with Gasteiger partial charge >= 0.3 is 12.1 Å². The largest absolute Gasteiger partial charge is 0.466 e. The summed E-state index contributed by atoms with van der Waals surface area (Å²) in [4.78, 5) is 10.6. The fraction of sp³-hybridized carbons (Fsp3) is 0.950. The second-order valence-corrected chi connectivity index (χ2v) is 7.01. The van der Waals surface area contributed by atoms with Crippen LogP contribution in [0.4, 0.5) is 13.2 Å². The molecule has 0 heterocycles. The van der Waals surface area contributed by atoms with Crippen molar-refractivity contribution >= 4 is 5.97 Å². The fourth-order valence-electron chi connectivity index (χ4n) is 2.94. The Morgan fingerprint density at radius 1 is 0.640 bits per heavy atom. The Hall–Kier alpha value is -0.740. The highest BCUT2D eigenvalue weighted by molar-refractivity contribution is 5.65. The molecule has 0 aromatic rings. The minimum absolute atomic E-state index is 0.193. The molecule has 5 heteroatoms. The summed E-state index contributed by atoms with van der Waals surface area (Å²) in [5.74, 6) is -0.193. The van der Waals surface area contributed by atoms with Crippen molar-refractivity contribution < 1.29 is 22.7 Å². The standard InChI is InChI=1S/C20H37F3O2/c1-19(24)25-18-16-14-12-10-8-6-4-2-3-5-7-9-11-13-15-17-20(21,22)23/h2-18H2,1H3. The van der Waals surface area contributed by atoms with Crippen molar-refractivity contribution in [3.8, 4) is 0 Å². The van der Waals surface area contributed by atoms with E-state index in [-0.39, 0.29) is 12.4 Å². The molecule has 0 rings (SSSR count). The Morgan fingerprint density at radius 3 is 1.28 bits per heavy atom. The van der Waals surface area contributed by atoms with Gasteiger partial charge in [0.1, 0.15) is 0 Å². The van der Waals surface area contributed by atoms with Crippen molar-refractivity contribution in [1.29, 1.82) is 0 Å².